The van der Waals surface area contributed by atoms with Gasteiger partial charge in [0.15, 0.2) is 17.0 Å². The number of anilines is 3. The van der Waals surface area contributed by atoms with Crippen LogP contribution in [0, 0.1) is 35.5 Å². The number of methoxy groups -OCH3 is 3. The number of aryl methyl sites for hydroxylation is 1. The van der Waals surface area contributed by atoms with Crippen molar-refractivity contribution in [2.24, 2.45) is 35.5 Å². The van der Waals surface area contributed by atoms with Gasteiger partial charge in [0, 0.05) is 139 Å². The minimum atomic E-state index is -2.49. The molecule has 5 aliphatic rings. The molecule has 8 aromatic rings. The van der Waals surface area contributed by atoms with Gasteiger partial charge < -0.3 is 93.7 Å². The number of hydrogen-bond acceptors (Lipinski definition) is 34. The highest BCUT2D eigenvalue weighted by molar-refractivity contribution is 6.39. The van der Waals surface area contributed by atoms with Crippen LogP contribution >= 0.6 is 0 Å². The van der Waals surface area contributed by atoms with Crippen LogP contribution in [0.4, 0.5) is 17.8 Å². The summed E-state index contributed by atoms with van der Waals surface area (Å²) in [6, 6.07) is 12.0. The predicted octanol–water partition coefficient (Wildman–Crippen LogP) is 9.23. The van der Waals surface area contributed by atoms with Gasteiger partial charge in [-0.2, -0.15) is 10.1 Å². The van der Waals surface area contributed by atoms with Crippen molar-refractivity contribution in [2.45, 2.75) is 225 Å². The van der Waals surface area contributed by atoms with Crippen LogP contribution in [0.1, 0.15) is 157 Å². The minimum absolute atomic E-state index is 0.0203. The summed E-state index contributed by atoms with van der Waals surface area (Å²) >= 11 is 0. The quantitative estimate of drug-likeness (QED) is 0.00913. The summed E-state index contributed by atoms with van der Waals surface area (Å²) in [7, 11) is 4.64. The molecule has 4 aliphatic heterocycles. The van der Waals surface area contributed by atoms with Gasteiger partial charge in [0.25, 0.3) is 17.7 Å². The lowest BCUT2D eigenvalue weighted by Gasteiger charge is -2.42. The van der Waals surface area contributed by atoms with Gasteiger partial charge in [-0.15, -0.1) is 10.2 Å². The average Bonchev–Trinajstić information content (AvgIpc) is 1.75. The minimum Gasteiger partial charge on any atom is -0.460 e. The first-order chi connectivity index (χ1) is 67.2. The topological polar surface area (TPSA) is 486 Å². The van der Waals surface area contributed by atoms with Gasteiger partial charge in [-0.1, -0.05) is 99.7 Å². The SMILES string of the molecule is CO[C@H]1C[C@@H]2CC[C@@H](C)[C@@](O)(O2)C(=O)C(=O)N2CCCC[C@H]2C(=O)OC([C@H](C)C[C@@H]2CC[C@H](n3nncc3-c3cccc(-c4cnc(N5CCN(Cc6cn(CCOCCOCCOCCOCCOCCC(=O)NCCCCn7nc(-c8ccc9oc(N)nc9c8)c8c(N)ncnc87)nn6)C(CO)C5)nc4)c3)[C@H](OC)C2)CC(=O)[C@H](C)/C=C(\C)[C@@H](O)[C@@H](OC)C(=O)[C@H](C)C[C@H](C)/C=C/C=C/C=C/1C. The van der Waals surface area contributed by atoms with Crippen molar-refractivity contribution in [3.63, 3.8) is 0 Å². The Labute approximate surface area is 810 Å². The molecule has 0 radical (unpaired) electrons. The van der Waals surface area contributed by atoms with Crippen LogP contribution in [0.5, 0.6) is 0 Å². The van der Waals surface area contributed by atoms with Gasteiger partial charge in [-0.3, -0.25) is 28.9 Å². The van der Waals surface area contributed by atoms with E-state index < -0.39 is 83.7 Å². The van der Waals surface area contributed by atoms with Gasteiger partial charge >= 0.3 is 5.97 Å². The third kappa shape index (κ3) is 28.1. The number of aliphatic hydroxyl groups excluding tert-OH is 2. The maximum atomic E-state index is 15.0. The molecule has 1 saturated carbocycles. The van der Waals surface area contributed by atoms with Gasteiger partial charge in [0.05, 0.1) is 133 Å². The number of nitrogens with two attached hydrogens (primary N) is 2. The highest BCUT2D eigenvalue weighted by Crippen LogP contribution is 2.43. The monoisotopic (exact) mass is 1930 g/mol. The second-order valence-electron chi connectivity index (χ2n) is 37.4. The first-order valence-corrected chi connectivity index (χ1v) is 48.8. The first kappa shape index (κ1) is 105. The maximum absolute atomic E-state index is 15.0. The van der Waals surface area contributed by atoms with Crippen LogP contribution in [-0.4, -0.2) is 306 Å². The van der Waals surface area contributed by atoms with E-state index in [4.69, 9.17) is 78.3 Å². The molecule has 13 rings (SSSR count). The van der Waals surface area contributed by atoms with Crippen molar-refractivity contribution in [1.29, 1.82) is 0 Å². The zero-order valence-electron chi connectivity index (χ0n) is 81.7. The number of piperazine rings is 1. The Balaban J connectivity index is 0.524. The lowest BCUT2D eigenvalue weighted by atomic mass is 9.77. The number of cyclic esters (lactones) is 1. The van der Waals surface area contributed by atoms with Gasteiger partial charge in [-0.05, 0) is 150 Å². The number of carbonyl (C=O) groups excluding carboxylic acids is 6. The number of hydrogen-bond donors (Lipinski definition) is 6. The van der Waals surface area contributed by atoms with Crippen molar-refractivity contribution in [2.75, 3.05) is 143 Å². The molecular formula is C100H139N19O20. The number of aromatic nitrogens is 13. The number of Topliss-reactive ketones (excluding diaryl/α,β-unsaturated/α-hetero) is 3. The number of esters is 1. The molecule has 4 fully saturated rings. The lowest BCUT2D eigenvalue weighted by molar-refractivity contribution is -0.265. The van der Waals surface area contributed by atoms with Gasteiger partial charge in [0.1, 0.15) is 53.5 Å². The fourth-order valence-electron chi connectivity index (χ4n) is 19.3. The van der Waals surface area contributed by atoms with E-state index in [1.807, 2.05) is 112 Å². The summed E-state index contributed by atoms with van der Waals surface area (Å²) in [5.41, 5.74) is 20.6. The van der Waals surface area contributed by atoms with Crippen molar-refractivity contribution in [3.8, 4) is 33.6 Å². The number of nitrogen functional groups attached to an aromatic ring is 2. The standard InChI is InChI=1S/C100H139N19O20/c1-63-19-12-11-13-20-64(2)84(129-8)53-77-27-24-69(7)100(128,139-77)93(125)96(126)117-32-16-14-23-80(117)97(127)137-85(54-82(121)65(3)48-68(6)91(124)92(131-10)90(123)67(5)47-63)66(4)49-70-25-28-79(86(50-70)130-9)119-81(57-108-112-119)72-22-18-21-71(51-72)74-55-104-99(105-56-74)115-35-34-114(76(60-115)61-120)58-75-59-116(113-110-75)36-38-133-40-42-135-44-46-136-45-43-134-41-39-132-37-30-87(122)103-31-15-17-33-118-95-88(94(101)106-62-107-95)89(111-118)73-26-29-83-78(52-73)109-98(102)138-83/h11-13,18-22,26,29,48,51-52,55-57,59,62-63,65-67,69-70,76-77,79-80,84-86,91-92,120,124,128H,14-17,23-25,27-28,30-47,49-50,53-54,58,60-61H2,1-10H3,(H2,102,109)(H,103,122)(H2,101,106,107)/b13-11+,19-12+,64-20+,68-48+/t63-,65-,66-,67-,69-,70+,76?,77+,79+,80+,84+,85?,86-,91-,92+,100-/m1/s1. The Morgan fingerprint density at radius 1 is 0.741 bits per heavy atom. The van der Waals surface area contributed by atoms with Crippen LogP contribution in [0.3, 0.4) is 0 Å². The third-order valence-corrected chi connectivity index (χ3v) is 27.3. The predicted molar refractivity (Wildman–Crippen MR) is 516 cm³/mol. The molecule has 3 saturated heterocycles. The van der Waals surface area contributed by atoms with Crippen molar-refractivity contribution in [1.82, 2.24) is 79.8 Å². The number of amides is 2. The van der Waals surface area contributed by atoms with E-state index in [1.165, 1.54) is 18.3 Å². The molecule has 2 bridgehead atoms. The molecule has 1 aliphatic carbocycles. The van der Waals surface area contributed by atoms with Gasteiger partial charge in [0.2, 0.25) is 17.6 Å². The second kappa shape index (κ2) is 51.5. The van der Waals surface area contributed by atoms with E-state index >= 15 is 0 Å². The molecule has 39 heteroatoms. The van der Waals surface area contributed by atoms with Crippen molar-refractivity contribution < 1.29 is 95.9 Å². The van der Waals surface area contributed by atoms with Crippen molar-refractivity contribution >= 4 is 75.0 Å². The smallest absolute Gasteiger partial charge is 0.329 e. The summed E-state index contributed by atoms with van der Waals surface area (Å²) < 4.78 is 70.0. The van der Waals surface area contributed by atoms with E-state index in [1.54, 1.807) is 62.7 Å². The number of oxazole rings is 1. The molecule has 0 spiro atoms. The number of carbonyl (C=O) groups is 6. The molecule has 2 aromatic carbocycles. The number of unbranched alkanes of at least 4 members (excludes halogenated alkanes) is 1. The number of fused-ring (bicyclic) bond motifs is 5. The number of nitrogens with zero attached hydrogens (tertiary/aromatic N) is 16. The molecule has 6 aromatic heterocycles. The van der Waals surface area contributed by atoms with E-state index in [-0.39, 0.29) is 99.0 Å². The highest BCUT2D eigenvalue weighted by atomic mass is 16.6. The molecule has 754 valence electrons. The summed E-state index contributed by atoms with van der Waals surface area (Å²) in [5, 5.41) is 61.0. The Hall–Kier alpha value is -10.9. The zero-order valence-corrected chi connectivity index (χ0v) is 81.7. The summed E-state index contributed by atoms with van der Waals surface area (Å²) in [6.07, 6.45) is 21.6. The number of benzene rings is 2. The lowest BCUT2D eigenvalue weighted by Crippen LogP contribution is -2.61. The zero-order chi connectivity index (χ0) is 98.7. The summed E-state index contributed by atoms with van der Waals surface area (Å²) in [4.78, 5) is 114. The second-order valence-corrected chi connectivity index (χ2v) is 37.4. The van der Waals surface area contributed by atoms with Crippen LogP contribution in [-0.2, 0) is 95.8 Å². The fraction of sp³-hybridized carbons (Fsp3) is 0.600. The fourth-order valence-corrected chi connectivity index (χ4v) is 19.3. The van der Waals surface area contributed by atoms with E-state index in [0.29, 0.717) is 208 Å². The number of allylic oxidation sites excluding steroid dienone is 6. The molecular weight excluding hydrogens is 1790 g/mol. The molecule has 39 nitrogen and oxygen atoms in total. The number of piperidine rings is 1. The highest BCUT2D eigenvalue weighted by Gasteiger charge is 2.53. The van der Waals surface area contributed by atoms with E-state index in [9.17, 15) is 44.1 Å². The van der Waals surface area contributed by atoms with E-state index in [0.717, 1.165) is 52.1 Å². The number of rotatable bonds is 37. The summed E-state index contributed by atoms with van der Waals surface area (Å²) in [6.45, 7) is 20.3. The normalized spacial score (nSPS) is 26.6. The van der Waals surface area contributed by atoms with Crippen LogP contribution in [0.2, 0.25) is 0 Å². The Morgan fingerprint density at radius 3 is 2.23 bits per heavy atom. The van der Waals surface area contributed by atoms with Gasteiger partial charge in [-0.25, -0.2) is 38.8 Å². The molecule has 8 N–H and O–H groups in total. The van der Waals surface area contributed by atoms with Crippen LogP contribution in [0.25, 0.3) is 55.8 Å². The Kier molecular flexibility index (Phi) is 39.0. The number of nitrogens with one attached hydrogen (secondary N) is 1. The number of aliphatic hydroxyl groups is 3. The third-order valence-electron chi connectivity index (χ3n) is 27.3. The summed E-state index contributed by atoms with van der Waals surface area (Å²) in [5.74, 6) is -7.76. The average molecular weight is 1930 g/mol. The Morgan fingerprint density at radius 2 is 1.49 bits per heavy atom. The molecule has 10 heterocycles. The van der Waals surface area contributed by atoms with Crippen molar-refractivity contribution in [3.05, 3.63) is 127 Å². The van der Waals surface area contributed by atoms with Crippen LogP contribution in [0.15, 0.2) is 126 Å². The van der Waals surface area contributed by atoms with E-state index in [2.05, 4.69) is 56.8 Å². The first-order valence-electron chi connectivity index (χ1n) is 48.8. The molecule has 16 atom stereocenters. The Bertz CT molecular complexity index is 5490. The molecule has 139 heavy (non-hydrogen) atoms. The maximum Gasteiger partial charge on any atom is 0.329 e. The molecule has 2 unspecified atom stereocenters. The number of ether oxygens (including phenoxy) is 10. The largest absolute Gasteiger partial charge is 0.460 e. The van der Waals surface area contributed by atoms with Crippen LogP contribution < -0.4 is 21.7 Å². The number of ketones is 3. The molecule has 2 amide bonds.